The monoisotopic (exact) mass is 580 g/mol. The Kier molecular flexibility index (Phi) is 6.98. The molecule has 0 radical (unpaired) electrons. The molecule has 5 N–H and O–H groups in total. The van der Waals surface area contributed by atoms with Gasteiger partial charge < -0.3 is 30.5 Å². The van der Waals surface area contributed by atoms with Gasteiger partial charge in [0, 0.05) is 28.7 Å². The van der Waals surface area contributed by atoms with Gasteiger partial charge in [-0.3, -0.25) is 19.3 Å². The molecule has 5 rings (SSSR count). The van der Waals surface area contributed by atoms with Crippen molar-refractivity contribution in [1.82, 2.24) is 10.2 Å². The molecule has 1 fully saturated rings. The van der Waals surface area contributed by atoms with Gasteiger partial charge >= 0.3 is 6.36 Å². The Morgan fingerprint density at radius 3 is 2.49 bits per heavy atom. The van der Waals surface area contributed by atoms with Gasteiger partial charge in [-0.1, -0.05) is 6.92 Å². The number of carbonyl (C=O) groups is 3. The van der Waals surface area contributed by atoms with Gasteiger partial charge in [-0.05, 0) is 64.7 Å². The van der Waals surface area contributed by atoms with Crippen LogP contribution in [0.15, 0.2) is 28.7 Å². The third kappa shape index (κ3) is 4.32. The summed E-state index contributed by atoms with van der Waals surface area (Å²) in [5.41, 5.74) is -4.60. The van der Waals surface area contributed by atoms with Crippen molar-refractivity contribution in [2.24, 2.45) is 11.8 Å². The molecular weight excluding hydrogens is 549 g/mol. The number of rotatable bonds is 5. The summed E-state index contributed by atoms with van der Waals surface area (Å²) in [5.74, 6) is -8.32. The fourth-order valence-corrected chi connectivity index (χ4v) is 6.98. The number of phenols is 1. The molecule has 3 aliphatic carbocycles. The Balaban J connectivity index is 1.72. The summed E-state index contributed by atoms with van der Waals surface area (Å²) >= 11 is 0. The molecule has 4 aliphatic rings. The van der Waals surface area contributed by atoms with Gasteiger partial charge in [0.15, 0.2) is 17.2 Å². The molecule has 0 bridgehead atoms. The summed E-state index contributed by atoms with van der Waals surface area (Å²) in [7, 11) is 1.57. The van der Waals surface area contributed by atoms with Crippen molar-refractivity contribution in [3.05, 3.63) is 45.4 Å². The first-order chi connectivity index (χ1) is 19.1. The lowest BCUT2D eigenvalue weighted by Gasteiger charge is -2.50. The number of halogens is 3. The molecule has 0 saturated carbocycles. The van der Waals surface area contributed by atoms with E-state index in [9.17, 15) is 48.0 Å². The summed E-state index contributed by atoms with van der Waals surface area (Å²) in [6, 6.07) is -0.660. The van der Waals surface area contributed by atoms with Crippen molar-refractivity contribution in [3.63, 3.8) is 0 Å². The van der Waals surface area contributed by atoms with E-state index in [1.165, 1.54) is 0 Å². The van der Waals surface area contributed by atoms with Gasteiger partial charge in [0.1, 0.15) is 28.6 Å². The van der Waals surface area contributed by atoms with Gasteiger partial charge in [0.25, 0.3) is 0 Å². The van der Waals surface area contributed by atoms with Crippen molar-refractivity contribution >= 4 is 17.3 Å². The van der Waals surface area contributed by atoms with Crippen LogP contribution in [-0.2, 0) is 16.0 Å². The van der Waals surface area contributed by atoms with Crippen molar-refractivity contribution in [2.75, 3.05) is 20.1 Å². The van der Waals surface area contributed by atoms with Crippen LogP contribution < -0.4 is 10.1 Å². The third-order valence-corrected chi connectivity index (χ3v) is 8.88. The van der Waals surface area contributed by atoms with Crippen LogP contribution in [0.1, 0.15) is 60.6 Å². The Bertz CT molecular complexity index is 1410. The number of ether oxygens (including phenoxy) is 1. The third-order valence-electron chi connectivity index (χ3n) is 8.88. The zero-order valence-electron chi connectivity index (χ0n) is 22.6. The topological polar surface area (TPSA) is 157 Å². The summed E-state index contributed by atoms with van der Waals surface area (Å²) in [4.78, 5) is 41.2. The maximum atomic E-state index is 13.8. The highest BCUT2D eigenvalue weighted by Gasteiger charge is 2.63. The fourth-order valence-electron chi connectivity index (χ4n) is 6.98. The summed E-state index contributed by atoms with van der Waals surface area (Å²) in [6.45, 7) is 3.57. The van der Waals surface area contributed by atoms with Gasteiger partial charge in [-0.2, -0.15) is 0 Å². The molecule has 5 atom stereocenters. The average molecular weight is 581 g/mol. The maximum Gasteiger partial charge on any atom is 0.573 e. The molecule has 0 spiro atoms. The lowest BCUT2D eigenvalue weighted by atomic mass is 9.58. The minimum Gasteiger partial charge on any atom is -0.510 e. The second-order valence-corrected chi connectivity index (χ2v) is 11.1. The Morgan fingerprint density at radius 2 is 1.93 bits per heavy atom. The number of likely N-dealkylation sites (N-methyl/N-ethyl adjacent to an activating group) is 1. The van der Waals surface area contributed by atoms with E-state index in [2.05, 4.69) is 10.1 Å². The molecule has 1 aromatic carbocycles. The number of aliphatic hydroxyl groups excluding tert-OH is 2. The number of aliphatic hydroxyl groups is 3. The lowest BCUT2D eigenvalue weighted by molar-refractivity contribution is -0.275. The molecule has 10 nitrogen and oxygen atoms in total. The van der Waals surface area contributed by atoms with E-state index >= 15 is 0 Å². The van der Waals surface area contributed by atoms with E-state index in [1.807, 2.05) is 0 Å². The number of ketones is 3. The Labute approximate surface area is 233 Å². The largest absolute Gasteiger partial charge is 0.573 e. The highest BCUT2D eigenvalue weighted by molar-refractivity contribution is 6.25. The number of Topliss-reactive ketones (excluding diaryl/α,β-unsaturated/α-hetero) is 3. The SMILES string of the molecule is CCN(C)[C@@H]1C(O)=C(C(C)=O)C(=O)[C@@]2(O)C(O)=C3C(=O)c4c(O)cc(C5CCCN5)c(OC(F)(F)F)c4C[C@H]3C[C@@H]12. The Hall–Kier alpha value is -3.42. The number of aromatic hydroxyl groups is 1. The first kappa shape index (κ1) is 29.1. The second-order valence-electron chi connectivity index (χ2n) is 11.1. The first-order valence-corrected chi connectivity index (χ1v) is 13.4. The molecule has 1 saturated heterocycles. The van der Waals surface area contributed by atoms with Crippen molar-refractivity contribution in [3.8, 4) is 11.5 Å². The van der Waals surface area contributed by atoms with Crippen LogP contribution in [0.5, 0.6) is 11.5 Å². The molecule has 0 amide bonds. The van der Waals surface area contributed by atoms with Crippen LogP contribution in [0.3, 0.4) is 0 Å². The standard InChI is InChI=1S/C28H31F3N2O8/c1-4-33(3)21-15-9-12-8-14-20(17(35)10-13(16-6-5-7-32-16)24(14)41-28(29,30)31)22(36)19(12)26(39)27(15,40)25(38)18(11(2)34)23(21)37/h10,12,15-16,21,32,35,37,39-40H,4-9H2,1-3H3/t12-,15-,16?,21-,27+/m0/s1. The summed E-state index contributed by atoms with van der Waals surface area (Å²) < 4.78 is 45.4. The van der Waals surface area contributed by atoms with E-state index in [4.69, 9.17) is 0 Å². The molecule has 41 heavy (non-hydrogen) atoms. The number of benzene rings is 1. The van der Waals surface area contributed by atoms with E-state index in [0.29, 0.717) is 25.9 Å². The number of nitrogens with zero attached hydrogens (tertiary/aromatic N) is 1. The van der Waals surface area contributed by atoms with E-state index in [0.717, 1.165) is 13.0 Å². The van der Waals surface area contributed by atoms with Crippen molar-refractivity contribution in [1.29, 1.82) is 0 Å². The number of hydrogen-bond acceptors (Lipinski definition) is 10. The fraction of sp³-hybridized carbons (Fsp3) is 0.536. The number of carbonyl (C=O) groups excluding carboxylic acids is 3. The molecular formula is C28H31F3N2O8. The highest BCUT2D eigenvalue weighted by Crippen LogP contribution is 2.54. The van der Waals surface area contributed by atoms with E-state index in [-0.39, 0.29) is 24.0 Å². The molecule has 1 unspecified atom stereocenters. The predicted octanol–water partition coefficient (Wildman–Crippen LogP) is 2.94. The summed E-state index contributed by atoms with van der Waals surface area (Å²) in [5, 5.41) is 48.2. The normalized spacial score (nSPS) is 30.0. The maximum absolute atomic E-state index is 13.8. The highest BCUT2D eigenvalue weighted by atomic mass is 19.4. The molecule has 1 aliphatic heterocycles. The van der Waals surface area contributed by atoms with Crippen LogP contribution in [0.25, 0.3) is 0 Å². The van der Waals surface area contributed by atoms with Crippen molar-refractivity contribution in [2.45, 2.75) is 63.6 Å². The molecule has 13 heteroatoms. The number of fused-ring (bicyclic) bond motifs is 3. The van der Waals surface area contributed by atoms with E-state index < -0.39 is 93.0 Å². The smallest absolute Gasteiger partial charge is 0.510 e. The van der Waals surface area contributed by atoms with Crippen LogP contribution in [0.2, 0.25) is 0 Å². The van der Waals surface area contributed by atoms with Crippen LogP contribution in [-0.4, -0.2) is 80.8 Å². The van der Waals surface area contributed by atoms with Crippen LogP contribution in [0, 0.1) is 11.8 Å². The second kappa shape index (κ2) is 9.85. The van der Waals surface area contributed by atoms with Gasteiger partial charge in [-0.25, -0.2) is 0 Å². The van der Waals surface area contributed by atoms with Crippen LogP contribution >= 0.6 is 0 Å². The quantitative estimate of drug-likeness (QED) is 0.328. The van der Waals surface area contributed by atoms with Gasteiger partial charge in [-0.15, -0.1) is 13.2 Å². The van der Waals surface area contributed by atoms with E-state index in [1.54, 1.807) is 18.9 Å². The number of allylic oxidation sites excluding steroid dienone is 1. The van der Waals surface area contributed by atoms with Crippen molar-refractivity contribution < 1.29 is 52.7 Å². The average Bonchev–Trinajstić information content (AvgIpc) is 3.41. The number of hydrogen-bond donors (Lipinski definition) is 5. The molecule has 1 heterocycles. The number of nitrogens with one attached hydrogen (secondary N) is 1. The first-order valence-electron chi connectivity index (χ1n) is 13.4. The predicted molar refractivity (Wildman–Crippen MR) is 136 cm³/mol. The number of phenolic OH excluding ortho intramolecular Hbond substituents is 1. The van der Waals surface area contributed by atoms with Crippen LogP contribution in [0.4, 0.5) is 13.2 Å². The zero-order chi connectivity index (χ0) is 30.2. The van der Waals surface area contributed by atoms with Gasteiger partial charge in [0.05, 0.1) is 11.6 Å². The Morgan fingerprint density at radius 1 is 1.24 bits per heavy atom. The molecule has 1 aromatic rings. The van der Waals surface area contributed by atoms with Gasteiger partial charge in [0.2, 0.25) is 5.78 Å². The zero-order valence-corrected chi connectivity index (χ0v) is 22.6. The molecule has 0 aromatic heterocycles. The summed E-state index contributed by atoms with van der Waals surface area (Å²) in [6.07, 6.45) is -4.47. The lowest BCUT2D eigenvalue weighted by Crippen LogP contribution is -2.63. The molecule has 222 valence electrons. The number of alkyl halides is 3. The minimum atomic E-state index is -5.11. The minimum absolute atomic E-state index is 0.0379.